The van der Waals surface area contributed by atoms with Gasteiger partial charge in [-0.1, -0.05) is 24.3 Å². The van der Waals surface area contributed by atoms with Gasteiger partial charge in [-0.15, -0.1) is 0 Å². The van der Waals surface area contributed by atoms with E-state index >= 15 is 0 Å². The van der Waals surface area contributed by atoms with E-state index < -0.39 is 10.0 Å². The lowest BCUT2D eigenvalue weighted by atomic mass is 10.1. The van der Waals surface area contributed by atoms with Crippen LogP contribution in [0.15, 0.2) is 53.4 Å². The second kappa shape index (κ2) is 8.68. The standard InChI is InChI=1S/C22H26N4O4S/c1-17-5-2-3-8-20(17)24-11-13-25(14-12-24)22(28)18-6-4-7-19(15-18)31(29,30)26-10-9-23-21(27)16-26/h2-8,15H,9-14,16H2,1H3,(H,23,27). The Morgan fingerprint density at radius 3 is 2.42 bits per heavy atom. The summed E-state index contributed by atoms with van der Waals surface area (Å²) in [6, 6.07) is 14.3. The van der Waals surface area contributed by atoms with Crippen LogP contribution in [0.1, 0.15) is 15.9 Å². The number of anilines is 1. The zero-order chi connectivity index (χ0) is 22.0. The van der Waals surface area contributed by atoms with Crippen LogP contribution in [0.2, 0.25) is 0 Å². The van der Waals surface area contributed by atoms with Gasteiger partial charge in [0.2, 0.25) is 15.9 Å². The number of hydrogen-bond acceptors (Lipinski definition) is 5. The van der Waals surface area contributed by atoms with Crippen LogP contribution in [-0.4, -0.2) is 75.3 Å². The van der Waals surface area contributed by atoms with Crippen LogP contribution in [0.3, 0.4) is 0 Å². The molecule has 2 amide bonds. The van der Waals surface area contributed by atoms with Gasteiger partial charge in [-0.2, -0.15) is 4.31 Å². The summed E-state index contributed by atoms with van der Waals surface area (Å²) in [6.45, 7) is 4.93. The summed E-state index contributed by atoms with van der Waals surface area (Å²) in [7, 11) is -3.84. The largest absolute Gasteiger partial charge is 0.368 e. The number of amides is 2. The second-order valence-electron chi connectivity index (χ2n) is 7.78. The number of nitrogens with zero attached hydrogens (tertiary/aromatic N) is 3. The van der Waals surface area contributed by atoms with E-state index in [0.717, 1.165) is 17.4 Å². The monoisotopic (exact) mass is 442 g/mol. The van der Waals surface area contributed by atoms with Gasteiger partial charge in [0.25, 0.3) is 5.91 Å². The first kappa shape index (κ1) is 21.3. The third-order valence-corrected chi connectivity index (χ3v) is 7.59. The molecule has 0 aromatic heterocycles. The number of piperazine rings is 2. The number of sulfonamides is 1. The highest BCUT2D eigenvalue weighted by atomic mass is 32.2. The van der Waals surface area contributed by atoms with Crippen molar-refractivity contribution in [2.75, 3.05) is 50.7 Å². The van der Waals surface area contributed by atoms with E-state index in [1.165, 1.54) is 23.4 Å². The van der Waals surface area contributed by atoms with Crippen molar-refractivity contribution in [2.24, 2.45) is 0 Å². The van der Waals surface area contributed by atoms with Crippen LogP contribution in [0.5, 0.6) is 0 Å². The van der Waals surface area contributed by atoms with Crippen molar-refractivity contribution in [1.82, 2.24) is 14.5 Å². The number of benzene rings is 2. The molecule has 2 heterocycles. The molecule has 31 heavy (non-hydrogen) atoms. The number of aryl methyl sites for hydroxylation is 1. The predicted molar refractivity (Wildman–Crippen MR) is 118 cm³/mol. The van der Waals surface area contributed by atoms with E-state index in [0.29, 0.717) is 18.7 Å². The van der Waals surface area contributed by atoms with Gasteiger partial charge in [-0.25, -0.2) is 8.42 Å². The van der Waals surface area contributed by atoms with Crippen molar-refractivity contribution in [2.45, 2.75) is 11.8 Å². The minimum absolute atomic E-state index is 0.0339. The Morgan fingerprint density at radius 2 is 1.71 bits per heavy atom. The number of rotatable bonds is 4. The number of para-hydroxylation sites is 1. The van der Waals surface area contributed by atoms with Crippen molar-refractivity contribution >= 4 is 27.5 Å². The van der Waals surface area contributed by atoms with Crippen LogP contribution >= 0.6 is 0 Å². The molecule has 0 atom stereocenters. The molecule has 1 N–H and O–H groups in total. The molecule has 0 unspecified atom stereocenters. The molecular weight excluding hydrogens is 416 g/mol. The molecule has 0 saturated carbocycles. The van der Waals surface area contributed by atoms with Gasteiger partial charge >= 0.3 is 0 Å². The summed E-state index contributed by atoms with van der Waals surface area (Å²) >= 11 is 0. The summed E-state index contributed by atoms with van der Waals surface area (Å²) < 4.78 is 27.0. The van der Waals surface area contributed by atoms with E-state index in [1.54, 1.807) is 17.0 Å². The Balaban J connectivity index is 1.46. The summed E-state index contributed by atoms with van der Waals surface area (Å²) in [4.78, 5) is 28.7. The highest BCUT2D eigenvalue weighted by Crippen LogP contribution is 2.22. The molecular formula is C22H26N4O4S. The molecule has 0 aliphatic carbocycles. The van der Waals surface area contributed by atoms with Gasteiger partial charge in [0.05, 0.1) is 11.4 Å². The van der Waals surface area contributed by atoms with E-state index in [1.807, 2.05) is 12.1 Å². The molecule has 2 aromatic carbocycles. The summed E-state index contributed by atoms with van der Waals surface area (Å²) in [5.74, 6) is -0.508. The van der Waals surface area contributed by atoms with E-state index in [4.69, 9.17) is 0 Å². The molecule has 8 nitrogen and oxygen atoms in total. The maximum atomic E-state index is 13.1. The van der Waals surface area contributed by atoms with Crippen LogP contribution in [0, 0.1) is 6.92 Å². The van der Waals surface area contributed by atoms with Crippen LogP contribution in [0.25, 0.3) is 0 Å². The average Bonchev–Trinajstić information content (AvgIpc) is 2.79. The molecule has 164 valence electrons. The fraction of sp³-hybridized carbons (Fsp3) is 0.364. The molecule has 2 aromatic rings. The van der Waals surface area contributed by atoms with Crippen molar-refractivity contribution in [1.29, 1.82) is 0 Å². The van der Waals surface area contributed by atoms with Crippen molar-refractivity contribution < 1.29 is 18.0 Å². The van der Waals surface area contributed by atoms with Crippen LogP contribution < -0.4 is 10.2 Å². The van der Waals surface area contributed by atoms with Gasteiger partial charge in [0.15, 0.2) is 0 Å². The first-order valence-electron chi connectivity index (χ1n) is 10.3. The fourth-order valence-corrected chi connectivity index (χ4v) is 5.45. The molecule has 0 radical (unpaired) electrons. The number of hydrogen-bond donors (Lipinski definition) is 1. The lowest BCUT2D eigenvalue weighted by Crippen LogP contribution is -2.50. The van der Waals surface area contributed by atoms with Crippen LogP contribution in [-0.2, 0) is 14.8 Å². The first-order valence-corrected chi connectivity index (χ1v) is 11.8. The maximum absolute atomic E-state index is 13.1. The van der Waals surface area contributed by atoms with Crippen molar-refractivity contribution in [3.05, 3.63) is 59.7 Å². The van der Waals surface area contributed by atoms with E-state index in [2.05, 4.69) is 29.3 Å². The average molecular weight is 443 g/mol. The number of nitrogens with one attached hydrogen (secondary N) is 1. The fourth-order valence-electron chi connectivity index (χ4n) is 4.01. The van der Waals surface area contributed by atoms with Crippen LogP contribution in [0.4, 0.5) is 5.69 Å². The molecule has 9 heteroatoms. The zero-order valence-electron chi connectivity index (χ0n) is 17.5. The van der Waals surface area contributed by atoms with Crippen molar-refractivity contribution in [3.63, 3.8) is 0 Å². The lowest BCUT2D eigenvalue weighted by Gasteiger charge is -2.37. The lowest BCUT2D eigenvalue weighted by molar-refractivity contribution is -0.122. The second-order valence-corrected chi connectivity index (χ2v) is 9.72. The Hall–Kier alpha value is -2.91. The van der Waals surface area contributed by atoms with E-state index in [-0.39, 0.29) is 36.3 Å². The van der Waals surface area contributed by atoms with Gasteiger partial charge in [-0.05, 0) is 36.8 Å². The third-order valence-electron chi connectivity index (χ3n) is 5.75. The number of carbonyl (C=O) groups excluding carboxylic acids is 2. The Morgan fingerprint density at radius 1 is 0.968 bits per heavy atom. The zero-order valence-corrected chi connectivity index (χ0v) is 18.3. The SMILES string of the molecule is Cc1ccccc1N1CCN(C(=O)c2cccc(S(=O)(=O)N3CCNC(=O)C3)c2)CC1. The molecule has 0 spiro atoms. The third kappa shape index (κ3) is 4.42. The highest BCUT2D eigenvalue weighted by Gasteiger charge is 2.30. The minimum atomic E-state index is -3.84. The van der Waals surface area contributed by atoms with Gasteiger partial charge in [0, 0.05) is 50.5 Å². The normalized spacial score (nSPS) is 18.0. The summed E-state index contributed by atoms with van der Waals surface area (Å²) in [5, 5.41) is 2.62. The highest BCUT2D eigenvalue weighted by molar-refractivity contribution is 7.89. The Kier molecular flexibility index (Phi) is 5.97. The smallest absolute Gasteiger partial charge is 0.254 e. The molecule has 2 aliphatic rings. The maximum Gasteiger partial charge on any atom is 0.254 e. The Labute approximate surface area is 182 Å². The first-order chi connectivity index (χ1) is 14.9. The van der Waals surface area contributed by atoms with Gasteiger partial charge < -0.3 is 15.1 Å². The topological polar surface area (TPSA) is 90.0 Å². The molecule has 2 fully saturated rings. The Bertz CT molecular complexity index is 1090. The predicted octanol–water partition coefficient (Wildman–Crippen LogP) is 1.08. The molecule has 2 saturated heterocycles. The molecule has 4 rings (SSSR count). The molecule has 0 bridgehead atoms. The van der Waals surface area contributed by atoms with Gasteiger partial charge in [0.1, 0.15) is 0 Å². The minimum Gasteiger partial charge on any atom is -0.368 e. The quantitative estimate of drug-likeness (QED) is 0.765. The summed E-state index contributed by atoms with van der Waals surface area (Å²) in [5.41, 5.74) is 2.71. The molecule has 2 aliphatic heterocycles. The number of carbonyl (C=O) groups is 2. The summed E-state index contributed by atoms with van der Waals surface area (Å²) in [6.07, 6.45) is 0. The van der Waals surface area contributed by atoms with Gasteiger partial charge in [-0.3, -0.25) is 9.59 Å². The van der Waals surface area contributed by atoms with E-state index in [9.17, 15) is 18.0 Å². The van der Waals surface area contributed by atoms with Crippen molar-refractivity contribution in [3.8, 4) is 0 Å².